The molecule has 0 spiro atoms. The Morgan fingerprint density at radius 1 is 1.03 bits per heavy atom. The number of ether oxygens (including phenoxy) is 1. The van der Waals surface area contributed by atoms with E-state index < -0.39 is 34.9 Å². The Morgan fingerprint density at radius 2 is 1.77 bits per heavy atom. The molecule has 0 aromatic heterocycles. The molecule has 0 radical (unpaired) electrons. The van der Waals surface area contributed by atoms with Crippen molar-refractivity contribution in [1.82, 2.24) is 5.32 Å². The molecule has 31 heavy (non-hydrogen) atoms. The minimum atomic E-state index is -1.20. The number of anilines is 1. The van der Waals surface area contributed by atoms with Crippen molar-refractivity contribution in [2.45, 2.75) is 22.8 Å². The zero-order chi connectivity index (χ0) is 21.8. The molecule has 0 unspecified atom stereocenters. The summed E-state index contributed by atoms with van der Waals surface area (Å²) in [5.41, 5.74) is 1.28. The topological polar surface area (TPSA) is 67.4 Å². The van der Waals surface area contributed by atoms with Gasteiger partial charge in [0.1, 0.15) is 24.3 Å². The van der Waals surface area contributed by atoms with Gasteiger partial charge in [-0.15, -0.1) is 11.8 Å². The van der Waals surface area contributed by atoms with Crippen molar-refractivity contribution in [1.29, 1.82) is 0 Å². The van der Waals surface area contributed by atoms with Crippen molar-refractivity contribution < 1.29 is 23.1 Å². The highest BCUT2D eigenvalue weighted by Crippen LogP contribution is 2.44. The van der Waals surface area contributed by atoms with Gasteiger partial charge in [0.2, 0.25) is 5.91 Å². The molecule has 0 fully saturated rings. The highest BCUT2D eigenvalue weighted by atomic mass is 32.2. The number of alkyl carbamates (subject to hydrolysis) is 1. The van der Waals surface area contributed by atoms with E-state index in [0.717, 1.165) is 35.5 Å². The molecule has 2 atom stereocenters. The van der Waals surface area contributed by atoms with Crippen LogP contribution in [0.5, 0.6) is 0 Å². The van der Waals surface area contributed by atoms with Crippen LogP contribution in [-0.4, -0.2) is 18.0 Å². The lowest BCUT2D eigenvalue weighted by molar-refractivity contribution is -0.118. The normalized spacial score (nSPS) is 17.8. The molecular weight excluding hydrogens is 422 g/mol. The van der Waals surface area contributed by atoms with E-state index in [9.17, 15) is 18.4 Å². The van der Waals surface area contributed by atoms with Crippen molar-refractivity contribution in [2.75, 3.05) is 5.32 Å². The van der Waals surface area contributed by atoms with Crippen LogP contribution in [0.2, 0.25) is 0 Å². The Bertz CT molecular complexity index is 1110. The number of fused-ring (bicyclic) bond motifs is 1. The summed E-state index contributed by atoms with van der Waals surface area (Å²) in [4.78, 5) is 26.1. The second-order valence-corrected chi connectivity index (χ2v) is 8.06. The highest BCUT2D eigenvalue weighted by molar-refractivity contribution is 7.99. The first-order valence-corrected chi connectivity index (χ1v) is 10.4. The quantitative estimate of drug-likeness (QED) is 0.596. The molecule has 1 aliphatic rings. The third-order valence-electron chi connectivity index (χ3n) is 4.73. The molecule has 2 amide bonds. The first kappa shape index (κ1) is 20.9. The van der Waals surface area contributed by atoms with Crippen LogP contribution in [0.4, 0.5) is 19.3 Å². The fourth-order valence-corrected chi connectivity index (χ4v) is 4.55. The number of amides is 2. The predicted molar refractivity (Wildman–Crippen MR) is 114 cm³/mol. The van der Waals surface area contributed by atoms with Crippen LogP contribution in [0.15, 0.2) is 77.7 Å². The van der Waals surface area contributed by atoms with E-state index in [-0.39, 0.29) is 12.2 Å². The summed E-state index contributed by atoms with van der Waals surface area (Å²) >= 11 is 1.16. The molecule has 1 aliphatic heterocycles. The first-order chi connectivity index (χ1) is 15.0. The molecule has 3 aromatic rings. The molecule has 0 saturated carbocycles. The Balaban J connectivity index is 1.62. The smallest absolute Gasteiger partial charge is 0.408 e. The molecular formula is C23H18F2N2O3S. The minimum Gasteiger partial charge on any atom is -0.445 e. The number of rotatable bonds is 4. The van der Waals surface area contributed by atoms with E-state index >= 15 is 0 Å². The van der Waals surface area contributed by atoms with Gasteiger partial charge in [-0.2, -0.15) is 0 Å². The van der Waals surface area contributed by atoms with Crippen molar-refractivity contribution in [3.63, 3.8) is 0 Å². The third kappa shape index (κ3) is 4.86. The summed E-state index contributed by atoms with van der Waals surface area (Å²) in [6.45, 7) is 0.00732. The van der Waals surface area contributed by atoms with Gasteiger partial charge in [0, 0.05) is 10.5 Å². The summed E-state index contributed by atoms with van der Waals surface area (Å²) in [6, 6.07) is 17.9. The van der Waals surface area contributed by atoms with Crippen LogP contribution < -0.4 is 10.6 Å². The van der Waals surface area contributed by atoms with Gasteiger partial charge in [0.15, 0.2) is 0 Å². The zero-order valence-corrected chi connectivity index (χ0v) is 17.0. The highest BCUT2D eigenvalue weighted by Gasteiger charge is 2.37. The van der Waals surface area contributed by atoms with Gasteiger partial charge in [-0.05, 0) is 35.9 Å². The van der Waals surface area contributed by atoms with Gasteiger partial charge in [0.25, 0.3) is 0 Å². The average molecular weight is 440 g/mol. The summed E-state index contributed by atoms with van der Waals surface area (Å²) in [7, 11) is 0. The van der Waals surface area contributed by atoms with Gasteiger partial charge in [0.05, 0.1) is 10.9 Å². The number of hydrogen-bond donors (Lipinski definition) is 2. The van der Waals surface area contributed by atoms with Crippen LogP contribution >= 0.6 is 11.8 Å². The predicted octanol–water partition coefficient (Wildman–Crippen LogP) is 5.05. The van der Waals surface area contributed by atoms with Gasteiger partial charge in [-0.3, -0.25) is 4.79 Å². The lowest BCUT2D eigenvalue weighted by Crippen LogP contribution is -2.46. The summed E-state index contributed by atoms with van der Waals surface area (Å²) in [6.07, 6.45) is -0.836. The Morgan fingerprint density at radius 3 is 2.58 bits per heavy atom. The van der Waals surface area contributed by atoms with Crippen molar-refractivity contribution >= 4 is 29.4 Å². The van der Waals surface area contributed by atoms with Crippen LogP contribution in [-0.2, 0) is 16.1 Å². The Hall–Kier alpha value is -3.39. The number of hydrogen-bond acceptors (Lipinski definition) is 4. The standard InChI is InChI=1S/C23H18F2N2O3S/c24-15-10-11-17(25)16(12-15)21-20(22(28)26-18-8-4-5-9-19(18)31-21)27-23(29)30-13-14-6-2-1-3-7-14/h1-12,20-21H,13H2,(H,26,28)(H,27,29)/t20-,21+/m0/s1. The number of para-hydroxylation sites is 1. The number of halogens is 2. The fraction of sp³-hybridized carbons (Fsp3) is 0.130. The minimum absolute atomic E-state index is 0.00732. The van der Waals surface area contributed by atoms with Crippen molar-refractivity contribution in [3.8, 4) is 0 Å². The fourth-order valence-electron chi connectivity index (χ4n) is 3.23. The largest absolute Gasteiger partial charge is 0.445 e. The molecule has 4 rings (SSSR count). The lowest BCUT2D eigenvalue weighted by atomic mass is 10.0. The zero-order valence-electron chi connectivity index (χ0n) is 16.2. The maximum absolute atomic E-state index is 14.6. The number of carbonyl (C=O) groups excluding carboxylic acids is 2. The molecule has 3 aromatic carbocycles. The number of carbonyl (C=O) groups is 2. The summed E-state index contributed by atoms with van der Waals surface area (Å²) in [5, 5.41) is 4.35. The Labute approximate surface area is 181 Å². The van der Waals surface area contributed by atoms with Crippen LogP contribution in [0.3, 0.4) is 0 Å². The number of benzene rings is 3. The van der Waals surface area contributed by atoms with E-state index in [2.05, 4.69) is 10.6 Å². The molecule has 5 nitrogen and oxygen atoms in total. The van der Waals surface area contributed by atoms with E-state index in [1.54, 1.807) is 36.4 Å². The van der Waals surface area contributed by atoms with Gasteiger partial charge in [-0.1, -0.05) is 42.5 Å². The monoisotopic (exact) mass is 440 g/mol. The van der Waals surface area contributed by atoms with Crippen molar-refractivity contribution in [2.24, 2.45) is 0 Å². The lowest BCUT2D eigenvalue weighted by Gasteiger charge is -2.24. The number of thioether (sulfide) groups is 1. The van der Waals surface area contributed by atoms with Gasteiger partial charge in [-0.25, -0.2) is 13.6 Å². The molecule has 158 valence electrons. The third-order valence-corrected chi connectivity index (χ3v) is 6.12. The molecule has 0 aliphatic carbocycles. The van der Waals surface area contributed by atoms with E-state index in [0.29, 0.717) is 10.6 Å². The van der Waals surface area contributed by atoms with E-state index in [4.69, 9.17) is 4.74 Å². The SMILES string of the molecule is O=C(N[C@@H]1C(=O)Nc2ccccc2S[C@@H]1c1cc(F)ccc1F)OCc1ccccc1. The first-order valence-electron chi connectivity index (χ1n) is 9.50. The van der Waals surface area contributed by atoms with E-state index in [1.807, 2.05) is 18.2 Å². The average Bonchev–Trinajstić information content (AvgIpc) is 2.91. The van der Waals surface area contributed by atoms with Crippen LogP contribution in [0.25, 0.3) is 0 Å². The molecule has 1 heterocycles. The maximum Gasteiger partial charge on any atom is 0.408 e. The molecule has 8 heteroatoms. The summed E-state index contributed by atoms with van der Waals surface area (Å²) < 4.78 is 33.7. The second-order valence-electron chi connectivity index (χ2n) is 6.87. The van der Waals surface area contributed by atoms with Crippen LogP contribution in [0.1, 0.15) is 16.4 Å². The van der Waals surface area contributed by atoms with Gasteiger partial charge >= 0.3 is 6.09 Å². The van der Waals surface area contributed by atoms with Crippen LogP contribution in [0, 0.1) is 11.6 Å². The van der Waals surface area contributed by atoms with Crippen molar-refractivity contribution in [3.05, 3.63) is 95.6 Å². The Kier molecular flexibility index (Phi) is 6.18. The molecule has 0 bridgehead atoms. The summed E-state index contributed by atoms with van der Waals surface area (Å²) in [5.74, 6) is -1.86. The molecule has 2 N–H and O–H groups in total. The second kappa shape index (κ2) is 9.18. The number of nitrogens with one attached hydrogen (secondary N) is 2. The molecule has 0 saturated heterocycles. The van der Waals surface area contributed by atoms with E-state index in [1.165, 1.54) is 0 Å². The maximum atomic E-state index is 14.6. The van der Waals surface area contributed by atoms with Gasteiger partial charge < -0.3 is 15.4 Å².